The average Bonchev–Trinajstić information content (AvgIpc) is 2.01. The Morgan fingerprint density at radius 2 is 2.25 bits per heavy atom. The Balaban J connectivity index is 3.04. The Bertz CT molecular complexity index is 272. The van der Waals surface area contributed by atoms with E-state index in [9.17, 15) is 4.39 Å². The number of benzene rings is 1. The van der Waals surface area contributed by atoms with Crippen molar-refractivity contribution in [3.8, 4) is 0 Å². The van der Waals surface area contributed by atoms with E-state index >= 15 is 0 Å². The highest BCUT2D eigenvalue weighted by Gasteiger charge is 2.05. The van der Waals surface area contributed by atoms with Gasteiger partial charge >= 0.3 is 0 Å². The molecule has 1 aromatic rings. The fraction of sp³-hybridized carbons (Fsp3) is 0.143. The van der Waals surface area contributed by atoms with E-state index in [2.05, 4.69) is 15.9 Å². The summed E-state index contributed by atoms with van der Waals surface area (Å²) < 4.78 is 13.2. The first-order valence-electron chi connectivity index (χ1n) is 3.15. The lowest BCUT2D eigenvalue weighted by molar-refractivity contribution is 0.161. The number of nitrogens with one attached hydrogen (secondary N) is 1. The third kappa shape index (κ3) is 2.17. The van der Waals surface area contributed by atoms with Crippen molar-refractivity contribution in [3.63, 3.8) is 0 Å². The summed E-state index contributed by atoms with van der Waals surface area (Å²) in [5.41, 5.74) is 2.50. The molecular weight excluding hydrogens is 248 g/mol. The Morgan fingerprint density at radius 3 is 2.75 bits per heavy atom. The quantitative estimate of drug-likeness (QED) is 0.628. The minimum absolute atomic E-state index is 0.171. The standard InChI is InChI=1S/C7H6BrClFNO/c8-7-5(9)1-4(3-11-12)2-6(7)10/h1-2,11-12H,3H2. The molecule has 0 radical (unpaired) electrons. The van der Waals surface area contributed by atoms with Crippen molar-refractivity contribution in [3.05, 3.63) is 33.0 Å². The predicted octanol–water partition coefficient (Wildman–Crippen LogP) is 2.72. The zero-order valence-electron chi connectivity index (χ0n) is 5.94. The molecule has 0 unspecified atom stereocenters. The molecule has 5 heteroatoms. The first-order chi connectivity index (χ1) is 5.65. The Hall–Kier alpha value is -0.160. The van der Waals surface area contributed by atoms with Gasteiger partial charge in [-0.2, -0.15) is 0 Å². The van der Waals surface area contributed by atoms with E-state index in [1.54, 1.807) is 6.07 Å². The van der Waals surface area contributed by atoms with Crippen LogP contribution in [0.15, 0.2) is 16.6 Å². The monoisotopic (exact) mass is 253 g/mol. The van der Waals surface area contributed by atoms with Crippen LogP contribution in [-0.4, -0.2) is 5.21 Å². The molecule has 0 spiro atoms. The second-order valence-corrected chi connectivity index (χ2v) is 3.41. The molecule has 1 aromatic carbocycles. The van der Waals surface area contributed by atoms with E-state index in [1.807, 2.05) is 5.48 Å². The fourth-order valence-corrected chi connectivity index (χ4v) is 1.26. The Morgan fingerprint density at radius 1 is 1.58 bits per heavy atom. The van der Waals surface area contributed by atoms with Crippen LogP contribution in [0.1, 0.15) is 5.56 Å². The van der Waals surface area contributed by atoms with Crippen LogP contribution in [0.5, 0.6) is 0 Å². The van der Waals surface area contributed by atoms with Crippen LogP contribution in [0, 0.1) is 5.82 Å². The molecule has 0 saturated carbocycles. The number of hydrogen-bond acceptors (Lipinski definition) is 2. The molecule has 0 amide bonds. The minimum atomic E-state index is -0.437. The van der Waals surface area contributed by atoms with Gasteiger partial charge in [0.1, 0.15) is 5.82 Å². The fourth-order valence-electron chi connectivity index (χ4n) is 0.801. The van der Waals surface area contributed by atoms with E-state index in [0.717, 1.165) is 0 Å². The number of halogens is 3. The SMILES string of the molecule is ONCc1cc(F)c(Br)c(Cl)c1. The minimum Gasteiger partial charge on any atom is -0.316 e. The van der Waals surface area contributed by atoms with Crippen LogP contribution in [0.4, 0.5) is 4.39 Å². The van der Waals surface area contributed by atoms with Gasteiger partial charge < -0.3 is 5.21 Å². The first kappa shape index (κ1) is 9.92. The Kier molecular flexibility index (Phi) is 3.46. The van der Waals surface area contributed by atoms with Crippen molar-refractivity contribution in [2.75, 3.05) is 0 Å². The average molecular weight is 254 g/mol. The van der Waals surface area contributed by atoms with Crippen LogP contribution >= 0.6 is 27.5 Å². The van der Waals surface area contributed by atoms with Crippen molar-refractivity contribution < 1.29 is 9.60 Å². The normalized spacial score (nSPS) is 10.3. The van der Waals surface area contributed by atoms with Gasteiger partial charge in [-0.1, -0.05) is 11.6 Å². The van der Waals surface area contributed by atoms with Gasteiger partial charge in [-0.25, -0.2) is 9.87 Å². The lowest BCUT2D eigenvalue weighted by Crippen LogP contribution is -2.06. The second-order valence-electron chi connectivity index (χ2n) is 2.21. The maximum atomic E-state index is 12.9. The number of hydrogen-bond donors (Lipinski definition) is 2. The van der Waals surface area contributed by atoms with Gasteiger partial charge in [0.15, 0.2) is 0 Å². The van der Waals surface area contributed by atoms with Gasteiger partial charge in [-0.3, -0.25) is 0 Å². The topological polar surface area (TPSA) is 32.3 Å². The lowest BCUT2D eigenvalue weighted by atomic mass is 10.2. The summed E-state index contributed by atoms with van der Waals surface area (Å²) >= 11 is 8.63. The van der Waals surface area contributed by atoms with Crippen LogP contribution in [0.3, 0.4) is 0 Å². The highest BCUT2D eigenvalue weighted by Crippen LogP contribution is 2.26. The van der Waals surface area contributed by atoms with E-state index in [1.165, 1.54) is 6.07 Å². The smallest absolute Gasteiger partial charge is 0.139 e. The van der Waals surface area contributed by atoms with Crippen molar-refractivity contribution in [2.45, 2.75) is 6.54 Å². The molecule has 66 valence electrons. The summed E-state index contributed by atoms with van der Waals surface area (Å²) in [5, 5.41) is 8.64. The van der Waals surface area contributed by atoms with Crippen LogP contribution in [0.25, 0.3) is 0 Å². The Labute approximate surface area is 82.4 Å². The molecule has 0 aliphatic carbocycles. The molecule has 0 atom stereocenters. The highest BCUT2D eigenvalue weighted by molar-refractivity contribution is 9.10. The third-order valence-corrected chi connectivity index (χ3v) is 2.66. The lowest BCUT2D eigenvalue weighted by Gasteiger charge is -2.02. The van der Waals surface area contributed by atoms with Gasteiger partial charge in [0, 0.05) is 6.54 Å². The van der Waals surface area contributed by atoms with Gasteiger partial charge in [0.05, 0.1) is 9.50 Å². The molecular formula is C7H6BrClFNO. The molecule has 12 heavy (non-hydrogen) atoms. The number of hydroxylamine groups is 1. The van der Waals surface area contributed by atoms with Crippen LogP contribution < -0.4 is 5.48 Å². The summed E-state index contributed by atoms with van der Waals surface area (Å²) in [6.07, 6.45) is 0. The number of rotatable bonds is 2. The molecule has 1 rings (SSSR count). The van der Waals surface area contributed by atoms with E-state index in [0.29, 0.717) is 10.6 Å². The predicted molar refractivity (Wildman–Crippen MR) is 47.7 cm³/mol. The molecule has 0 bridgehead atoms. The maximum absolute atomic E-state index is 12.9. The zero-order valence-corrected chi connectivity index (χ0v) is 8.28. The summed E-state index contributed by atoms with van der Waals surface area (Å²) in [4.78, 5) is 0. The molecule has 0 fully saturated rings. The van der Waals surface area contributed by atoms with Crippen molar-refractivity contribution in [1.29, 1.82) is 0 Å². The van der Waals surface area contributed by atoms with E-state index < -0.39 is 5.82 Å². The van der Waals surface area contributed by atoms with Crippen LogP contribution in [-0.2, 0) is 6.54 Å². The first-order valence-corrected chi connectivity index (χ1v) is 4.32. The molecule has 0 saturated heterocycles. The van der Waals surface area contributed by atoms with Gasteiger partial charge in [0.25, 0.3) is 0 Å². The van der Waals surface area contributed by atoms with E-state index in [-0.39, 0.29) is 11.0 Å². The molecule has 0 aliphatic heterocycles. The molecule has 0 aromatic heterocycles. The van der Waals surface area contributed by atoms with Crippen molar-refractivity contribution >= 4 is 27.5 Å². The van der Waals surface area contributed by atoms with E-state index in [4.69, 9.17) is 16.8 Å². The van der Waals surface area contributed by atoms with Crippen molar-refractivity contribution in [2.24, 2.45) is 0 Å². The van der Waals surface area contributed by atoms with Gasteiger partial charge in [-0.15, -0.1) is 0 Å². The molecule has 0 aliphatic rings. The molecule has 2 nitrogen and oxygen atoms in total. The van der Waals surface area contributed by atoms with Gasteiger partial charge in [0.2, 0.25) is 0 Å². The highest BCUT2D eigenvalue weighted by atomic mass is 79.9. The summed E-state index contributed by atoms with van der Waals surface area (Å²) in [5.74, 6) is -0.437. The summed E-state index contributed by atoms with van der Waals surface area (Å²) in [6, 6.07) is 2.86. The second kappa shape index (κ2) is 4.18. The summed E-state index contributed by atoms with van der Waals surface area (Å²) in [6.45, 7) is 0.171. The largest absolute Gasteiger partial charge is 0.316 e. The zero-order chi connectivity index (χ0) is 9.14. The van der Waals surface area contributed by atoms with Crippen LogP contribution in [0.2, 0.25) is 5.02 Å². The maximum Gasteiger partial charge on any atom is 0.139 e. The summed E-state index contributed by atoms with van der Waals surface area (Å²) in [7, 11) is 0. The van der Waals surface area contributed by atoms with Gasteiger partial charge in [-0.05, 0) is 33.6 Å². The van der Waals surface area contributed by atoms with Crippen molar-refractivity contribution in [1.82, 2.24) is 5.48 Å². The molecule has 2 N–H and O–H groups in total. The molecule has 0 heterocycles. The third-order valence-electron chi connectivity index (χ3n) is 1.33.